The number of ether oxygens (including phenoxy) is 1. The molecule has 0 saturated carbocycles. The van der Waals surface area contributed by atoms with Gasteiger partial charge in [-0.05, 0) is 44.0 Å². The average molecular weight is 367 g/mol. The minimum atomic E-state index is -1.11. The van der Waals surface area contributed by atoms with Crippen molar-refractivity contribution in [1.82, 2.24) is 4.90 Å². The minimum absolute atomic E-state index is 0.142. The Labute approximate surface area is 117 Å². The molecule has 17 heavy (non-hydrogen) atoms. The van der Waals surface area contributed by atoms with Crippen LogP contribution in [0, 0.1) is 0 Å². The van der Waals surface area contributed by atoms with E-state index in [9.17, 15) is 9.90 Å². The third-order valence-electron chi connectivity index (χ3n) is 2.77. The van der Waals surface area contributed by atoms with Crippen molar-refractivity contribution in [1.29, 1.82) is 0 Å². The number of carbonyl (C=O) groups excluding carboxylic acids is 1. The van der Waals surface area contributed by atoms with Crippen LogP contribution in [0.3, 0.4) is 0 Å². The number of hydrogen-bond donors (Lipinski definition) is 1. The Morgan fingerprint density at radius 3 is 2.35 bits per heavy atom. The highest BCUT2D eigenvalue weighted by molar-refractivity contribution is 9.13. The first kappa shape index (κ1) is 13.4. The van der Waals surface area contributed by atoms with Crippen LogP contribution in [0.2, 0.25) is 0 Å². The van der Waals surface area contributed by atoms with Crippen LogP contribution >= 0.6 is 31.9 Å². The first-order chi connectivity index (χ1) is 8.00. The summed E-state index contributed by atoms with van der Waals surface area (Å²) in [6.07, 6.45) is 3.10. The number of ketones is 1. The molecule has 0 unspecified atom stereocenters. The second-order valence-electron chi connectivity index (χ2n) is 4.19. The highest BCUT2D eigenvalue weighted by atomic mass is 79.9. The molecule has 1 fully saturated rings. The summed E-state index contributed by atoms with van der Waals surface area (Å²) in [5.74, 6) is -0.142. The second kappa shape index (κ2) is 5.32. The van der Waals surface area contributed by atoms with E-state index < -0.39 is 5.60 Å². The summed E-state index contributed by atoms with van der Waals surface area (Å²) in [5.41, 5.74) is -1.11. The molecule has 2 rings (SSSR count). The molecular weight excluding hydrogens is 354 g/mol. The van der Waals surface area contributed by atoms with E-state index in [-0.39, 0.29) is 5.78 Å². The van der Waals surface area contributed by atoms with Gasteiger partial charge in [0.25, 0.3) is 0 Å². The van der Waals surface area contributed by atoms with Crippen LogP contribution in [0.4, 0.5) is 0 Å². The van der Waals surface area contributed by atoms with Gasteiger partial charge in [-0.15, -0.1) is 0 Å². The van der Waals surface area contributed by atoms with Crippen molar-refractivity contribution in [3.05, 3.63) is 21.1 Å². The molecule has 6 heteroatoms. The molecule has 94 valence electrons. The number of nitrogens with zero attached hydrogens (tertiary/aromatic N) is 1. The number of β-amino-alcohol motifs (C(OH)–C–C–N with tert-alkyl or cyclic N) is 1. The van der Waals surface area contributed by atoms with Crippen molar-refractivity contribution in [2.24, 2.45) is 0 Å². The SMILES string of the molecule is O=C1C(Br)=CC(O)(CN2CCOCC2)C=C1Br. The average Bonchev–Trinajstić information content (AvgIpc) is 2.27. The maximum absolute atomic E-state index is 11.5. The first-order valence-electron chi connectivity index (χ1n) is 5.34. The zero-order valence-corrected chi connectivity index (χ0v) is 12.3. The third-order valence-corrected chi connectivity index (χ3v) is 3.95. The summed E-state index contributed by atoms with van der Waals surface area (Å²) < 4.78 is 6.04. The van der Waals surface area contributed by atoms with E-state index in [1.54, 1.807) is 12.2 Å². The van der Waals surface area contributed by atoms with Gasteiger partial charge < -0.3 is 9.84 Å². The predicted octanol–water partition coefficient (Wildman–Crippen LogP) is 1.19. The third kappa shape index (κ3) is 3.26. The van der Waals surface area contributed by atoms with Gasteiger partial charge in [0.05, 0.1) is 22.2 Å². The number of hydrogen-bond acceptors (Lipinski definition) is 4. The Bertz CT molecular complexity index is 364. The standard InChI is InChI=1S/C11H13Br2NO3/c12-8-5-11(16,6-9(13)10(8)15)7-14-1-3-17-4-2-14/h5-6,16H,1-4,7H2. The minimum Gasteiger partial charge on any atom is -0.380 e. The van der Waals surface area contributed by atoms with E-state index in [1.165, 1.54) is 0 Å². The number of morpholine rings is 1. The van der Waals surface area contributed by atoms with Gasteiger partial charge in [0.15, 0.2) is 0 Å². The van der Waals surface area contributed by atoms with E-state index in [4.69, 9.17) is 4.74 Å². The highest BCUT2D eigenvalue weighted by Crippen LogP contribution is 2.30. The largest absolute Gasteiger partial charge is 0.380 e. The van der Waals surface area contributed by atoms with Gasteiger partial charge in [-0.25, -0.2) is 0 Å². The van der Waals surface area contributed by atoms with Crippen molar-refractivity contribution < 1.29 is 14.6 Å². The number of Topliss-reactive ketones (excluding diaryl/α,β-unsaturated/α-hetero) is 1. The van der Waals surface area contributed by atoms with Crippen molar-refractivity contribution in [3.63, 3.8) is 0 Å². The molecule has 0 aromatic rings. The topological polar surface area (TPSA) is 49.8 Å². The summed E-state index contributed by atoms with van der Waals surface area (Å²) in [6, 6.07) is 0. The van der Waals surface area contributed by atoms with Crippen LogP contribution in [-0.4, -0.2) is 54.2 Å². The Balaban J connectivity index is 2.10. The van der Waals surface area contributed by atoms with Crippen LogP contribution in [0.5, 0.6) is 0 Å². The lowest BCUT2D eigenvalue weighted by Gasteiger charge is -2.34. The number of aliphatic hydroxyl groups is 1. The zero-order valence-electron chi connectivity index (χ0n) is 9.16. The molecule has 1 N–H and O–H groups in total. The number of halogens is 2. The Morgan fingerprint density at radius 2 is 1.82 bits per heavy atom. The van der Waals surface area contributed by atoms with Crippen molar-refractivity contribution in [2.75, 3.05) is 32.8 Å². The molecule has 0 aromatic carbocycles. The highest BCUT2D eigenvalue weighted by Gasteiger charge is 2.32. The molecule has 1 aliphatic heterocycles. The maximum Gasteiger partial charge on any atom is 0.206 e. The van der Waals surface area contributed by atoms with Crippen molar-refractivity contribution in [2.45, 2.75) is 5.60 Å². The van der Waals surface area contributed by atoms with Crippen LogP contribution in [0.25, 0.3) is 0 Å². The van der Waals surface area contributed by atoms with E-state index in [2.05, 4.69) is 36.8 Å². The molecule has 4 nitrogen and oxygen atoms in total. The van der Waals surface area contributed by atoms with Crippen LogP contribution < -0.4 is 0 Å². The second-order valence-corrected chi connectivity index (χ2v) is 5.90. The summed E-state index contributed by atoms with van der Waals surface area (Å²) in [4.78, 5) is 13.6. The summed E-state index contributed by atoms with van der Waals surface area (Å²) in [6.45, 7) is 3.43. The molecule has 1 aliphatic carbocycles. The fraction of sp³-hybridized carbons (Fsp3) is 0.545. The van der Waals surface area contributed by atoms with Crippen LogP contribution in [0.1, 0.15) is 0 Å². The van der Waals surface area contributed by atoms with Gasteiger partial charge in [-0.3, -0.25) is 9.69 Å². The van der Waals surface area contributed by atoms with E-state index in [1.807, 2.05) is 0 Å². The maximum atomic E-state index is 11.5. The molecule has 0 spiro atoms. The van der Waals surface area contributed by atoms with Crippen molar-refractivity contribution >= 4 is 37.6 Å². The molecule has 1 saturated heterocycles. The predicted molar refractivity (Wildman–Crippen MR) is 71.2 cm³/mol. The summed E-state index contributed by atoms with van der Waals surface area (Å²) in [7, 11) is 0. The Hall–Kier alpha value is -0.0100. The van der Waals surface area contributed by atoms with Crippen LogP contribution in [0.15, 0.2) is 21.1 Å². The van der Waals surface area contributed by atoms with Crippen molar-refractivity contribution in [3.8, 4) is 0 Å². The molecule has 0 aromatic heterocycles. The van der Waals surface area contributed by atoms with E-state index in [0.29, 0.717) is 28.7 Å². The monoisotopic (exact) mass is 365 g/mol. The van der Waals surface area contributed by atoms with Gasteiger partial charge in [0, 0.05) is 19.6 Å². The molecule has 1 heterocycles. The smallest absolute Gasteiger partial charge is 0.206 e. The zero-order chi connectivity index (χ0) is 12.5. The Morgan fingerprint density at radius 1 is 1.29 bits per heavy atom. The normalized spacial score (nSPS) is 25.5. The molecule has 0 radical (unpaired) electrons. The van der Waals surface area contributed by atoms with E-state index in [0.717, 1.165) is 13.1 Å². The first-order valence-corrected chi connectivity index (χ1v) is 6.93. The van der Waals surface area contributed by atoms with Gasteiger partial charge in [0.1, 0.15) is 5.60 Å². The fourth-order valence-electron chi connectivity index (χ4n) is 1.93. The molecule has 2 aliphatic rings. The lowest BCUT2D eigenvalue weighted by Crippen LogP contribution is -2.46. The Kier molecular flexibility index (Phi) is 4.20. The number of rotatable bonds is 2. The summed E-state index contributed by atoms with van der Waals surface area (Å²) >= 11 is 6.34. The summed E-state index contributed by atoms with van der Waals surface area (Å²) in [5, 5.41) is 10.4. The van der Waals surface area contributed by atoms with Gasteiger partial charge in [-0.2, -0.15) is 0 Å². The molecule has 0 bridgehead atoms. The quantitative estimate of drug-likeness (QED) is 0.797. The van der Waals surface area contributed by atoms with Crippen LogP contribution in [-0.2, 0) is 9.53 Å². The molecule has 0 amide bonds. The number of allylic oxidation sites excluding steroid dienone is 2. The molecular formula is C11H13Br2NO3. The molecule has 0 atom stereocenters. The van der Waals surface area contributed by atoms with E-state index >= 15 is 0 Å². The fourth-order valence-corrected chi connectivity index (χ4v) is 3.42. The lowest BCUT2D eigenvalue weighted by molar-refractivity contribution is -0.111. The van der Waals surface area contributed by atoms with Gasteiger partial charge in [0.2, 0.25) is 5.78 Å². The van der Waals surface area contributed by atoms with Gasteiger partial charge in [-0.1, -0.05) is 0 Å². The number of carbonyl (C=O) groups is 1. The lowest BCUT2D eigenvalue weighted by atomic mass is 9.96. The van der Waals surface area contributed by atoms with Gasteiger partial charge >= 0.3 is 0 Å².